The van der Waals surface area contributed by atoms with Crippen LogP contribution >= 0.6 is 12.4 Å². The van der Waals surface area contributed by atoms with E-state index in [4.69, 9.17) is 4.74 Å². The Morgan fingerprint density at radius 1 is 1.00 bits per heavy atom. The largest absolute Gasteiger partial charge is 0.497 e. The number of methoxy groups -OCH3 is 1. The smallest absolute Gasteiger partial charge is 0.325 e. The number of rotatable bonds is 8. The monoisotopic (exact) mass is 555 g/mol. The summed E-state index contributed by atoms with van der Waals surface area (Å²) in [5.74, 6) is 0.595. The predicted octanol–water partition coefficient (Wildman–Crippen LogP) is 3.94. The van der Waals surface area contributed by atoms with Crippen LogP contribution in [0, 0.1) is 0 Å². The van der Waals surface area contributed by atoms with E-state index in [1.54, 1.807) is 7.11 Å². The average molecular weight is 556 g/mol. The van der Waals surface area contributed by atoms with E-state index < -0.39 is 5.54 Å². The second-order valence-electron chi connectivity index (χ2n) is 10.5. The van der Waals surface area contributed by atoms with E-state index in [9.17, 15) is 14.4 Å². The SMILES string of the molecule is COc1ccc(CN2C(=O)NC3(CCN(CC[C@H](NC(=O)N4CCCC4)c4ccccc4)CC3)C2=O)cc1.Cl. The lowest BCUT2D eigenvalue weighted by Gasteiger charge is -2.38. The Morgan fingerprint density at radius 3 is 2.31 bits per heavy atom. The minimum atomic E-state index is -0.831. The van der Waals surface area contributed by atoms with E-state index in [-0.39, 0.29) is 43.0 Å². The molecule has 3 aliphatic heterocycles. The Hall–Kier alpha value is -3.30. The number of imide groups is 1. The molecule has 0 radical (unpaired) electrons. The molecule has 3 saturated heterocycles. The van der Waals surface area contributed by atoms with Crippen LogP contribution < -0.4 is 15.4 Å². The van der Waals surface area contributed by atoms with Crippen molar-refractivity contribution in [1.29, 1.82) is 0 Å². The third-order valence-electron chi connectivity index (χ3n) is 8.08. The number of hydrogen-bond donors (Lipinski definition) is 2. The minimum absolute atomic E-state index is 0. The zero-order valence-electron chi connectivity index (χ0n) is 22.4. The summed E-state index contributed by atoms with van der Waals surface area (Å²) in [7, 11) is 1.61. The highest BCUT2D eigenvalue weighted by atomic mass is 35.5. The number of nitrogens with zero attached hydrogens (tertiary/aromatic N) is 3. The van der Waals surface area contributed by atoms with Gasteiger partial charge in [0.25, 0.3) is 5.91 Å². The van der Waals surface area contributed by atoms with Gasteiger partial charge in [0.05, 0.1) is 19.7 Å². The molecule has 0 aromatic heterocycles. The van der Waals surface area contributed by atoms with Gasteiger partial charge in [0.15, 0.2) is 0 Å². The summed E-state index contributed by atoms with van der Waals surface area (Å²) in [6.45, 7) is 4.10. The fraction of sp³-hybridized carbons (Fsp3) is 0.483. The number of benzene rings is 2. The van der Waals surface area contributed by atoms with Gasteiger partial charge in [-0.1, -0.05) is 42.5 Å². The third-order valence-corrected chi connectivity index (χ3v) is 8.08. The molecule has 2 aromatic rings. The van der Waals surface area contributed by atoms with E-state index in [0.29, 0.717) is 25.9 Å². The molecule has 5 rings (SSSR count). The van der Waals surface area contributed by atoms with Gasteiger partial charge >= 0.3 is 12.1 Å². The number of ether oxygens (including phenoxy) is 1. The zero-order valence-corrected chi connectivity index (χ0v) is 23.3. The van der Waals surface area contributed by atoms with Gasteiger partial charge in [0.1, 0.15) is 11.3 Å². The van der Waals surface area contributed by atoms with Crippen LogP contribution in [0.25, 0.3) is 0 Å². The summed E-state index contributed by atoms with van der Waals surface area (Å²) in [4.78, 5) is 44.5. The molecule has 3 aliphatic rings. The van der Waals surface area contributed by atoms with Crippen LogP contribution in [-0.2, 0) is 11.3 Å². The molecule has 210 valence electrons. The van der Waals surface area contributed by atoms with Gasteiger partial charge in [-0.25, -0.2) is 9.59 Å². The zero-order chi connectivity index (χ0) is 26.5. The molecule has 0 unspecified atom stereocenters. The number of urea groups is 2. The van der Waals surface area contributed by atoms with E-state index in [0.717, 1.165) is 55.8 Å². The lowest BCUT2D eigenvalue weighted by Crippen LogP contribution is -2.55. The first-order valence-electron chi connectivity index (χ1n) is 13.6. The van der Waals surface area contributed by atoms with Gasteiger partial charge in [-0.05, 0) is 55.4 Å². The molecular formula is C29H38ClN5O4. The molecule has 1 spiro atoms. The number of carbonyl (C=O) groups excluding carboxylic acids is 3. The normalized spacial score (nSPS) is 19.5. The maximum atomic E-state index is 13.4. The van der Waals surface area contributed by atoms with Crippen molar-refractivity contribution in [2.24, 2.45) is 0 Å². The second-order valence-corrected chi connectivity index (χ2v) is 10.5. The maximum absolute atomic E-state index is 13.4. The highest BCUT2D eigenvalue weighted by Gasteiger charge is 2.52. The van der Waals surface area contributed by atoms with Gasteiger partial charge in [-0.2, -0.15) is 0 Å². The first-order valence-corrected chi connectivity index (χ1v) is 13.6. The van der Waals surface area contributed by atoms with Gasteiger partial charge in [-0.15, -0.1) is 12.4 Å². The molecule has 5 amide bonds. The van der Waals surface area contributed by atoms with Crippen LogP contribution in [0.2, 0.25) is 0 Å². The van der Waals surface area contributed by atoms with Crippen LogP contribution in [0.15, 0.2) is 54.6 Å². The van der Waals surface area contributed by atoms with Crippen molar-refractivity contribution in [3.8, 4) is 5.75 Å². The molecule has 0 aliphatic carbocycles. The number of likely N-dealkylation sites (tertiary alicyclic amines) is 2. The Labute approximate surface area is 236 Å². The first-order chi connectivity index (χ1) is 18.5. The molecule has 1 atom stereocenters. The lowest BCUT2D eigenvalue weighted by molar-refractivity contribution is -0.133. The minimum Gasteiger partial charge on any atom is -0.497 e. The number of hydrogen-bond acceptors (Lipinski definition) is 5. The molecule has 2 aromatic carbocycles. The van der Waals surface area contributed by atoms with Crippen LogP contribution in [0.5, 0.6) is 5.75 Å². The summed E-state index contributed by atoms with van der Waals surface area (Å²) in [6.07, 6.45) is 4.05. The van der Waals surface area contributed by atoms with Gasteiger partial charge in [-0.3, -0.25) is 9.69 Å². The highest BCUT2D eigenvalue weighted by Crippen LogP contribution is 2.31. The van der Waals surface area contributed by atoms with Crippen molar-refractivity contribution in [2.75, 3.05) is 39.8 Å². The van der Waals surface area contributed by atoms with Gasteiger partial charge in [0, 0.05) is 32.7 Å². The van der Waals surface area contributed by atoms with Crippen LogP contribution in [0.4, 0.5) is 9.59 Å². The maximum Gasteiger partial charge on any atom is 0.325 e. The fourth-order valence-corrected chi connectivity index (χ4v) is 5.71. The summed E-state index contributed by atoms with van der Waals surface area (Å²) >= 11 is 0. The Bertz CT molecular complexity index is 1130. The summed E-state index contributed by atoms with van der Waals surface area (Å²) in [5.41, 5.74) is 1.15. The Balaban J connectivity index is 0.00000353. The van der Waals surface area contributed by atoms with Gasteiger partial charge < -0.3 is 25.2 Å². The molecule has 39 heavy (non-hydrogen) atoms. The number of carbonyl (C=O) groups is 3. The van der Waals surface area contributed by atoms with Gasteiger partial charge in [0.2, 0.25) is 0 Å². The molecule has 3 fully saturated rings. The van der Waals surface area contributed by atoms with Crippen LogP contribution in [-0.4, -0.2) is 78.0 Å². The number of halogens is 1. The Kier molecular flexibility index (Phi) is 9.35. The van der Waals surface area contributed by atoms with Crippen LogP contribution in [0.1, 0.15) is 49.3 Å². The summed E-state index contributed by atoms with van der Waals surface area (Å²) in [6, 6.07) is 17.1. The van der Waals surface area contributed by atoms with Crippen molar-refractivity contribution in [1.82, 2.24) is 25.3 Å². The number of amides is 5. The molecule has 2 N–H and O–H groups in total. The van der Waals surface area contributed by atoms with Crippen molar-refractivity contribution >= 4 is 30.4 Å². The summed E-state index contributed by atoms with van der Waals surface area (Å²) < 4.78 is 5.20. The standard InChI is InChI=1S/C29H37N5O4.ClH/c1-38-24-11-9-22(10-12-24)21-34-26(35)29(31-28(34)37)14-19-32(20-15-29)18-13-25(23-7-3-2-4-8-23)30-27(36)33-16-5-6-17-33;/h2-4,7-12,25H,5-6,13-21H2,1H3,(H,30,36)(H,31,37);1H/t25-;/m0./s1. The topological polar surface area (TPSA) is 94.2 Å². The summed E-state index contributed by atoms with van der Waals surface area (Å²) in [5, 5.41) is 6.25. The quantitative estimate of drug-likeness (QED) is 0.481. The molecule has 0 saturated carbocycles. The Morgan fingerprint density at radius 2 is 1.67 bits per heavy atom. The van der Waals surface area contributed by atoms with E-state index in [2.05, 4.69) is 27.7 Å². The second kappa shape index (κ2) is 12.7. The lowest BCUT2D eigenvalue weighted by atomic mass is 9.87. The van der Waals surface area contributed by atoms with Crippen molar-refractivity contribution in [2.45, 2.75) is 50.2 Å². The molecular weight excluding hydrogens is 518 g/mol. The van der Waals surface area contributed by atoms with Crippen molar-refractivity contribution in [3.05, 3.63) is 65.7 Å². The first kappa shape index (κ1) is 28.7. The third kappa shape index (κ3) is 6.47. The highest BCUT2D eigenvalue weighted by molar-refractivity contribution is 6.07. The molecule has 3 heterocycles. The number of nitrogens with one attached hydrogen (secondary N) is 2. The molecule has 9 nitrogen and oxygen atoms in total. The molecule has 0 bridgehead atoms. The van der Waals surface area contributed by atoms with E-state index in [1.165, 1.54) is 4.90 Å². The van der Waals surface area contributed by atoms with Crippen LogP contribution in [0.3, 0.4) is 0 Å². The average Bonchev–Trinajstić information content (AvgIpc) is 3.57. The number of piperidine rings is 1. The predicted molar refractivity (Wildman–Crippen MR) is 151 cm³/mol. The van der Waals surface area contributed by atoms with Crippen molar-refractivity contribution in [3.63, 3.8) is 0 Å². The van der Waals surface area contributed by atoms with E-state index in [1.807, 2.05) is 47.4 Å². The van der Waals surface area contributed by atoms with Crippen molar-refractivity contribution < 1.29 is 19.1 Å². The molecule has 10 heteroatoms. The fourth-order valence-electron chi connectivity index (χ4n) is 5.71. The van der Waals surface area contributed by atoms with E-state index >= 15 is 0 Å².